The van der Waals surface area contributed by atoms with E-state index in [4.69, 9.17) is 5.73 Å². The van der Waals surface area contributed by atoms with Crippen LogP contribution in [0.25, 0.3) is 0 Å². The fraction of sp³-hybridized carbons (Fsp3) is 0. The molecule has 0 unspecified atom stereocenters. The minimum atomic E-state index is -0.739. The fourth-order valence-electron chi connectivity index (χ4n) is 2.10. The maximum atomic E-state index is 13.6. The first-order chi connectivity index (χ1) is 13.0. The Hall–Kier alpha value is -3.99. The van der Waals surface area contributed by atoms with Gasteiger partial charge in [-0.15, -0.1) is 0 Å². The fourth-order valence-corrected chi connectivity index (χ4v) is 2.10. The van der Waals surface area contributed by atoms with Gasteiger partial charge in [0.1, 0.15) is 11.6 Å². The van der Waals surface area contributed by atoms with Gasteiger partial charge in [0, 0.05) is 29.7 Å². The molecule has 1 heterocycles. The predicted octanol–water partition coefficient (Wildman–Crippen LogP) is 3.38. The predicted molar refractivity (Wildman–Crippen MR) is 97.9 cm³/mol. The lowest BCUT2D eigenvalue weighted by atomic mass is 10.2. The Bertz CT molecular complexity index is 1040. The average molecular weight is 365 g/mol. The van der Waals surface area contributed by atoms with Gasteiger partial charge in [-0.1, -0.05) is 17.9 Å². The van der Waals surface area contributed by atoms with Crippen LogP contribution in [0.2, 0.25) is 0 Å². The molecule has 8 heteroatoms. The number of anilines is 3. The van der Waals surface area contributed by atoms with E-state index in [1.165, 1.54) is 12.4 Å². The molecule has 134 valence electrons. The van der Waals surface area contributed by atoms with Crippen molar-refractivity contribution in [1.29, 1.82) is 0 Å². The molecule has 2 amide bonds. The number of nitrogens with zero attached hydrogens (tertiary/aromatic N) is 2. The van der Waals surface area contributed by atoms with Gasteiger partial charge in [0.25, 0.3) is 0 Å². The van der Waals surface area contributed by atoms with Crippen LogP contribution in [-0.4, -0.2) is 16.0 Å². The Kier molecular flexibility index (Phi) is 5.23. The van der Waals surface area contributed by atoms with Gasteiger partial charge in [-0.05, 0) is 30.3 Å². The molecule has 3 rings (SSSR count). The molecule has 6 nitrogen and oxygen atoms in total. The number of aromatic nitrogens is 2. The summed E-state index contributed by atoms with van der Waals surface area (Å²) < 4.78 is 26.7. The van der Waals surface area contributed by atoms with Crippen molar-refractivity contribution in [2.75, 3.05) is 16.4 Å². The van der Waals surface area contributed by atoms with Crippen LogP contribution in [-0.2, 0) is 0 Å². The van der Waals surface area contributed by atoms with E-state index in [1.807, 2.05) is 0 Å². The van der Waals surface area contributed by atoms with Crippen LogP contribution in [0.15, 0.2) is 54.9 Å². The Balaban J connectivity index is 1.69. The number of urea groups is 1. The van der Waals surface area contributed by atoms with Crippen molar-refractivity contribution in [2.24, 2.45) is 0 Å². The highest BCUT2D eigenvalue weighted by atomic mass is 19.1. The van der Waals surface area contributed by atoms with E-state index in [-0.39, 0.29) is 11.6 Å². The molecular formula is C19H13F2N5O. The van der Waals surface area contributed by atoms with E-state index in [9.17, 15) is 13.6 Å². The first kappa shape index (κ1) is 17.8. The molecule has 0 bridgehead atoms. The third kappa shape index (κ3) is 4.99. The van der Waals surface area contributed by atoms with E-state index in [0.717, 1.165) is 18.2 Å². The summed E-state index contributed by atoms with van der Waals surface area (Å²) >= 11 is 0. The lowest BCUT2D eigenvalue weighted by Crippen LogP contribution is -2.20. The van der Waals surface area contributed by atoms with E-state index in [1.54, 1.807) is 24.3 Å². The first-order valence-electron chi connectivity index (χ1n) is 7.72. The SMILES string of the molecule is Nc1ncc(C#Cc2cccc(NC(=O)Nc3cc(F)ccc3F)c2)cn1. The number of carbonyl (C=O) groups excluding carboxylic acids is 1. The number of nitrogens with one attached hydrogen (secondary N) is 2. The summed E-state index contributed by atoms with van der Waals surface area (Å²) in [6, 6.07) is 8.80. The van der Waals surface area contributed by atoms with Crippen LogP contribution >= 0.6 is 0 Å². The Morgan fingerprint density at radius 2 is 1.70 bits per heavy atom. The van der Waals surface area contributed by atoms with Gasteiger partial charge in [0.05, 0.1) is 11.3 Å². The van der Waals surface area contributed by atoms with Gasteiger partial charge in [-0.25, -0.2) is 23.5 Å². The number of benzene rings is 2. The molecule has 0 radical (unpaired) electrons. The van der Waals surface area contributed by atoms with Gasteiger partial charge in [0.2, 0.25) is 5.95 Å². The molecule has 0 aliphatic rings. The zero-order valence-corrected chi connectivity index (χ0v) is 13.8. The standard InChI is InChI=1S/C19H13F2N5O/c20-14-6-7-16(21)17(9-14)26-19(27)25-15-3-1-2-12(8-15)4-5-13-10-23-18(22)24-11-13/h1-3,6-11H,(H2,22,23,24)(H2,25,26,27). The Labute approximate surface area is 153 Å². The highest BCUT2D eigenvalue weighted by molar-refractivity contribution is 5.99. The summed E-state index contributed by atoms with van der Waals surface area (Å²) in [5.74, 6) is 4.54. The van der Waals surface area contributed by atoms with Crippen molar-refractivity contribution in [3.05, 3.63) is 77.6 Å². The van der Waals surface area contributed by atoms with E-state index < -0.39 is 17.7 Å². The summed E-state index contributed by atoms with van der Waals surface area (Å²) in [6.07, 6.45) is 3.00. The summed E-state index contributed by atoms with van der Waals surface area (Å²) in [7, 11) is 0. The second-order valence-electron chi connectivity index (χ2n) is 5.36. The molecule has 0 aliphatic carbocycles. The zero-order valence-electron chi connectivity index (χ0n) is 13.8. The van der Waals surface area contributed by atoms with Crippen LogP contribution < -0.4 is 16.4 Å². The van der Waals surface area contributed by atoms with Gasteiger partial charge < -0.3 is 16.4 Å². The molecule has 0 fully saturated rings. The molecule has 0 saturated carbocycles. The maximum Gasteiger partial charge on any atom is 0.323 e. The largest absolute Gasteiger partial charge is 0.368 e. The number of nitrogen functional groups attached to an aromatic ring is 1. The molecule has 1 aromatic heterocycles. The van der Waals surface area contributed by atoms with Gasteiger partial charge in [-0.2, -0.15) is 0 Å². The average Bonchev–Trinajstić information content (AvgIpc) is 2.64. The summed E-state index contributed by atoms with van der Waals surface area (Å²) in [6.45, 7) is 0. The van der Waals surface area contributed by atoms with Gasteiger partial charge in [-0.3, -0.25) is 0 Å². The second-order valence-corrected chi connectivity index (χ2v) is 5.36. The lowest BCUT2D eigenvalue weighted by molar-refractivity contribution is 0.262. The number of carbonyl (C=O) groups is 1. The smallest absolute Gasteiger partial charge is 0.323 e. The normalized spacial score (nSPS) is 9.85. The lowest BCUT2D eigenvalue weighted by Gasteiger charge is -2.08. The zero-order chi connectivity index (χ0) is 19.2. The number of hydrogen-bond acceptors (Lipinski definition) is 4. The molecule has 0 aliphatic heterocycles. The Morgan fingerprint density at radius 3 is 2.48 bits per heavy atom. The number of rotatable bonds is 2. The molecule has 0 atom stereocenters. The Morgan fingerprint density at radius 1 is 0.963 bits per heavy atom. The van der Waals surface area contributed by atoms with Crippen molar-refractivity contribution in [2.45, 2.75) is 0 Å². The van der Waals surface area contributed by atoms with E-state index >= 15 is 0 Å². The number of halogens is 2. The molecule has 2 aromatic carbocycles. The van der Waals surface area contributed by atoms with Crippen molar-refractivity contribution in [3.8, 4) is 11.8 Å². The maximum absolute atomic E-state index is 13.6. The van der Waals surface area contributed by atoms with Crippen LogP contribution in [0, 0.1) is 23.5 Å². The minimum Gasteiger partial charge on any atom is -0.368 e. The van der Waals surface area contributed by atoms with Crippen LogP contribution in [0.1, 0.15) is 11.1 Å². The summed E-state index contributed by atoms with van der Waals surface area (Å²) in [5, 5.41) is 4.79. The highest BCUT2D eigenvalue weighted by Gasteiger charge is 2.08. The van der Waals surface area contributed by atoms with Crippen molar-refractivity contribution in [1.82, 2.24) is 9.97 Å². The molecule has 0 saturated heterocycles. The third-order valence-corrected chi connectivity index (χ3v) is 3.32. The number of hydrogen-bond donors (Lipinski definition) is 3. The van der Waals surface area contributed by atoms with E-state index in [2.05, 4.69) is 32.4 Å². The molecular weight excluding hydrogens is 352 g/mol. The van der Waals surface area contributed by atoms with Crippen molar-refractivity contribution < 1.29 is 13.6 Å². The topological polar surface area (TPSA) is 92.9 Å². The summed E-state index contributed by atoms with van der Waals surface area (Å²) in [5.41, 5.74) is 6.80. The minimum absolute atomic E-state index is 0.160. The molecule has 3 aromatic rings. The third-order valence-electron chi connectivity index (χ3n) is 3.32. The van der Waals surface area contributed by atoms with Crippen molar-refractivity contribution >= 4 is 23.4 Å². The monoisotopic (exact) mass is 365 g/mol. The van der Waals surface area contributed by atoms with Crippen LogP contribution in [0.3, 0.4) is 0 Å². The summed E-state index contributed by atoms with van der Waals surface area (Å²) in [4.78, 5) is 19.7. The second kappa shape index (κ2) is 7.93. The molecule has 27 heavy (non-hydrogen) atoms. The molecule has 4 N–H and O–H groups in total. The quantitative estimate of drug-likeness (QED) is 0.607. The number of amides is 2. The highest BCUT2D eigenvalue weighted by Crippen LogP contribution is 2.16. The first-order valence-corrected chi connectivity index (χ1v) is 7.72. The van der Waals surface area contributed by atoms with Gasteiger partial charge in [0.15, 0.2) is 0 Å². The van der Waals surface area contributed by atoms with Crippen molar-refractivity contribution in [3.63, 3.8) is 0 Å². The number of nitrogens with two attached hydrogens (primary N) is 1. The van der Waals surface area contributed by atoms with Gasteiger partial charge >= 0.3 is 6.03 Å². The van der Waals surface area contributed by atoms with E-state index in [0.29, 0.717) is 16.8 Å². The van der Waals surface area contributed by atoms with Crippen LogP contribution in [0.4, 0.5) is 30.9 Å². The van der Waals surface area contributed by atoms with Crippen LogP contribution in [0.5, 0.6) is 0 Å². The molecule has 0 spiro atoms.